The van der Waals surface area contributed by atoms with E-state index in [-0.39, 0.29) is 12.3 Å². The quantitative estimate of drug-likeness (QED) is 0.653. The van der Waals surface area contributed by atoms with Gasteiger partial charge < -0.3 is 14.7 Å². The van der Waals surface area contributed by atoms with Crippen LogP contribution in [0.5, 0.6) is 5.75 Å². The lowest BCUT2D eigenvalue weighted by Crippen LogP contribution is -2.57. The second-order valence-electron chi connectivity index (χ2n) is 7.49. The van der Waals surface area contributed by atoms with Crippen LogP contribution in [0.3, 0.4) is 0 Å². The lowest BCUT2D eigenvalue weighted by Gasteiger charge is -2.39. The summed E-state index contributed by atoms with van der Waals surface area (Å²) >= 11 is 0. The molecule has 0 spiro atoms. The third-order valence-electron chi connectivity index (χ3n) is 5.62. The Morgan fingerprint density at radius 1 is 1.00 bits per heavy atom. The highest BCUT2D eigenvalue weighted by molar-refractivity contribution is 6.03. The summed E-state index contributed by atoms with van der Waals surface area (Å²) in [6.45, 7) is 1.68. The molecule has 0 bridgehead atoms. The fourth-order valence-corrected chi connectivity index (χ4v) is 3.95. The summed E-state index contributed by atoms with van der Waals surface area (Å²) in [5, 5.41) is 11.4. The number of nitrogens with zero attached hydrogens (tertiary/aromatic N) is 2. The van der Waals surface area contributed by atoms with Crippen LogP contribution in [0.4, 0.5) is 4.79 Å². The second-order valence-corrected chi connectivity index (χ2v) is 7.49. The van der Waals surface area contributed by atoms with Crippen molar-refractivity contribution in [2.24, 2.45) is 0 Å². The molecule has 6 nitrogen and oxygen atoms in total. The van der Waals surface area contributed by atoms with Gasteiger partial charge in [0.2, 0.25) is 0 Å². The van der Waals surface area contributed by atoms with Crippen LogP contribution in [-0.2, 0) is 6.54 Å². The zero-order valence-corrected chi connectivity index (χ0v) is 16.8. The number of carbonyl (C=O) groups is 2. The van der Waals surface area contributed by atoms with E-state index in [2.05, 4.69) is 4.90 Å². The van der Waals surface area contributed by atoms with Gasteiger partial charge in [-0.2, -0.15) is 0 Å². The minimum Gasteiger partial charge on any atom is -0.497 e. The monoisotopic (exact) mass is 404 g/mol. The van der Waals surface area contributed by atoms with E-state index in [1.807, 2.05) is 66.7 Å². The lowest BCUT2D eigenvalue weighted by atomic mass is 9.97. The Labute approximate surface area is 175 Å². The first-order chi connectivity index (χ1) is 14.5. The van der Waals surface area contributed by atoms with Crippen LogP contribution in [-0.4, -0.2) is 59.6 Å². The van der Waals surface area contributed by atoms with E-state index in [4.69, 9.17) is 4.74 Å². The van der Waals surface area contributed by atoms with E-state index in [9.17, 15) is 14.7 Å². The third kappa shape index (κ3) is 4.14. The minimum absolute atomic E-state index is 0.0606. The zero-order valence-electron chi connectivity index (χ0n) is 16.8. The number of carbonyl (C=O) groups excluding carboxylic acids is 1. The van der Waals surface area contributed by atoms with Crippen molar-refractivity contribution >= 4 is 22.6 Å². The van der Waals surface area contributed by atoms with E-state index < -0.39 is 12.1 Å². The molecule has 30 heavy (non-hydrogen) atoms. The van der Waals surface area contributed by atoms with Gasteiger partial charge in [0, 0.05) is 31.7 Å². The fourth-order valence-electron chi connectivity index (χ4n) is 3.95. The van der Waals surface area contributed by atoms with Crippen molar-refractivity contribution in [3.63, 3.8) is 0 Å². The molecule has 1 saturated heterocycles. The van der Waals surface area contributed by atoms with Gasteiger partial charge in [0.25, 0.3) is 0 Å². The van der Waals surface area contributed by atoms with E-state index in [1.54, 1.807) is 7.11 Å². The molecular formula is C24H24N2O4. The molecule has 3 aromatic rings. The van der Waals surface area contributed by atoms with Gasteiger partial charge in [0.05, 0.1) is 13.2 Å². The number of Topliss-reactive ketones (excluding diaryl/α,β-unsaturated/α-hetero) is 1. The molecule has 4 rings (SSSR count). The lowest BCUT2D eigenvalue weighted by molar-refractivity contribution is 0.0515. The first-order valence-electron chi connectivity index (χ1n) is 9.93. The molecule has 1 heterocycles. The molecular weight excluding hydrogens is 380 g/mol. The summed E-state index contributed by atoms with van der Waals surface area (Å²) in [5.41, 5.74) is 1.69. The van der Waals surface area contributed by atoms with Crippen molar-refractivity contribution in [3.8, 4) is 5.75 Å². The Morgan fingerprint density at radius 2 is 1.73 bits per heavy atom. The zero-order chi connectivity index (χ0) is 21.1. The number of hydrogen-bond acceptors (Lipinski definition) is 4. The maximum Gasteiger partial charge on any atom is 0.407 e. The smallest absolute Gasteiger partial charge is 0.407 e. The second kappa shape index (κ2) is 8.55. The normalized spacial score (nSPS) is 17.1. The molecule has 0 saturated carbocycles. The molecule has 6 heteroatoms. The molecule has 0 radical (unpaired) electrons. The molecule has 1 aliphatic heterocycles. The highest BCUT2D eigenvalue weighted by atomic mass is 16.5. The molecule has 1 unspecified atom stereocenters. The molecule has 1 aliphatic rings. The van der Waals surface area contributed by atoms with Crippen LogP contribution in [0.25, 0.3) is 10.8 Å². The number of piperazine rings is 1. The van der Waals surface area contributed by atoms with E-state index in [0.29, 0.717) is 25.2 Å². The average Bonchev–Trinajstić information content (AvgIpc) is 2.78. The topological polar surface area (TPSA) is 70.1 Å². The number of fused-ring (bicyclic) bond motifs is 1. The predicted octanol–water partition coefficient (Wildman–Crippen LogP) is 3.90. The number of ketones is 1. The highest BCUT2D eigenvalue weighted by Gasteiger charge is 2.34. The van der Waals surface area contributed by atoms with Crippen LogP contribution < -0.4 is 4.74 Å². The van der Waals surface area contributed by atoms with Crippen molar-refractivity contribution < 1.29 is 19.4 Å². The minimum atomic E-state index is -0.988. The Balaban J connectivity index is 1.63. The predicted molar refractivity (Wildman–Crippen MR) is 115 cm³/mol. The summed E-state index contributed by atoms with van der Waals surface area (Å²) in [5.74, 6) is 0.703. The van der Waals surface area contributed by atoms with Crippen LogP contribution in [0.1, 0.15) is 15.9 Å². The van der Waals surface area contributed by atoms with Gasteiger partial charge in [0.1, 0.15) is 5.75 Å². The SMILES string of the molecule is COc1ccc2cc(C(=O)C3CN(C(=O)O)CCN3Cc3ccccc3)ccc2c1. The Kier molecular flexibility index (Phi) is 5.68. The maximum atomic E-state index is 13.4. The molecule has 154 valence electrons. The van der Waals surface area contributed by atoms with Gasteiger partial charge >= 0.3 is 6.09 Å². The van der Waals surface area contributed by atoms with Gasteiger partial charge in [0.15, 0.2) is 5.78 Å². The Morgan fingerprint density at radius 3 is 2.47 bits per heavy atom. The molecule has 1 atom stereocenters. The Bertz CT molecular complexity index is 1070. The number of carboxylic acid groups (broad SMARTS) is 1. The Hall–Kier alpha value is -3.38. The maximum absolute atomic E-state index is 13.4. The average molecular weight is 404 g/mol. The summed E-state index contributed by atoms with van der Waals surface area (Å²) in [7, 11) is 1.62. The summed E-state index contributed by atoms with van der Waals surface area (Å²) in [6.07, 6.45) is -0.988. The number of amides is 1. The van der Waals surface area contributed by atoms with Crippen molar-refractivity contribution in [2.45, 2.75) is 12.6 Å². The summed E-state index contributed by atoms with van der Waals surface area (Å²) in [6, 6.07) is 20.7. The summed E-state index contributed by atoms with van der Waals surface area (Å²) in [4.78, 5) is 28.4. The van der Waals surface area contributed by atoms with Crippen molar-refractivity contribution in [2.75, 3.05) is 26.7 Å². The number of rotatable bonds is 5. The van der Waals surface area contributed by atoms with Crippen LogP contribution >= 0.6 is 0 Å². The molecule has 1 fully saturated rings. The molecule has 3 aromatic carbocycles. The highest BCUT2D eigenvalue weighted by Crippen LogP contribution is 2.24. The van der Waals surface area contributed by atoms with Crippen molar-refractivity contribution in [3.05, 3.63) is 77.9 Å². The molecule has 1 N–H and O–H groups in total. The molecule has 0 aliphatic carbocycles. The van der Waals surface area contributed by atoms with E-state index in [0.717, 1.165) is 22.1 Å². The first kappa shape index (κ1) is 19.9. The van der Waals surface area contributed by atoms with E-state index >= 15 is 0 Å². The number of ether oxygens (including phenoxy) is 1. The van der Waals surface area contributed by atoms with Crippen LogP contribution in [0, 0.1) is 0 Å². The van der Waals surface area contributed by atoms with Gasteiger partial charge in [-0.05, 0) is 34.5 Å². The van der Waals surface area contributed by atoms with Crippen molar-refractivity contribution in [1.82, 2.24) is 9.80 Å². The van der Waals surface area contributed by atoms with Gasteiger partial charge in [-0.1, -0.05) is 48.5 Å². The number of hydrogen-bond donors (Lipinski definition) is 1. The van der Waals surface area contributed by atoms with E-state index in [1.165, 1.54) is 4.90 Å². The first-order valence-corrected chi connectivity index (χ1v) is 9.93. The van der Waals surface area contributed by atoms with Crippen LogP contribution in [0.2, 0.25) is 0 Å². The fraction of sp³-hybridized carbons (Fsp3) is 0.250. The van der Waals surface area contributed by atoms with Gasteiger partial charge in [-0.15, -0.1) is 0 Å². The largest absolute Gasteiger partial charge is 0.497 e. The van der Waals surface area contributed by atoms with Crippen LogP contribution in [0.15, 0.2) is 66.7 Å². The third-order valence-corrected chi connectivity index (χ3v) is 5.62. The number of methoxy groups -OCH3 is 1. The van der Waals surface area contributed by atoms with Gasteiger partial charge in [-0.3, -0.25) is 9.69 Å². The standard InChI is InChI=1S/C24H24N2O4/c1-30-21-10-9-18-13-20(8-7-19(18)14-21)23(27)22-16-26(24(28)29)12-11-25(22)15-17-5-3-2-4-6-17/h2-10,13-14,22H,11-12,15-16H2,1H3,(H,28,29). The molecule has 1 amide bonds. The van der Waals surface area contributed by atoms with Crippen molar-refractivity contribution in [1.29, 1.82) is 0 Å². The summed E-state index contributed by atoms with van der Waals surface area (Å²) < 4.78 is 5.27. The molecule has 0 aromatic heterocycles. The van der Waals surface area contributed by atoms with Gasteiger partial charge in [-0.25, -0.2) is 4.79 Å². The number of benzene rings is 3.